The van der Waals surface area contributed by atoms with Crippen LogP contribution in [0.4, 0.5) is 5.69 Å². The third-order valence-electron chi connectivity index (χ3n) is 2.60. The lowest BCUT2D eigenvalue weighted by molar-refractivity contribution is 0.313. The molecule has 1 aliphatic heterocycles. The molecule has 0 aromatic heterocycles. The Morgan fingerprint density at radius 1 is 0.875 bits per heavy atom. The number of nitrogens with zero attached hydrogens (tertiary/aromatic N) is 1. The number of aliphatic imine (C=N–C) groups is 1. The summed E-state index contributed by atoms with van der Waals surface area (Å²) in [4.78, 5) is 4.49. The quantitative estimate of drug-likeness (QED) is 0.706. The van der Waals surface area contributed by atoms with Gasteiger partial charge in [0.05, 0.1) is 5.69 Å². The number of hydrogen-bond donors (Lipinski definition) is 0. The molecular formula is C14H11NO. The zero-order chi connectivity index (χ0) is 10.8. The minimum Gasteiger partial charge on any atom is -0.472 e. The fourth-order valence-corrected chi connectivity index (χ4v) is 1.79. The van der Waals surface area contributed by atoms with Crippen LogP contribution in [0, 0.1) is 0 Å². The maximum atomic E-state index is 5.58. The first-order valence-corrected chi connectivity index (χ1v) is 5.28. The van der Waals surface area contributed by atoms with Crippen LogP contribution in [0.15, 0.2) is 59.6 Å². The van der Waals surface area contributed by atoms with Gasteiger partial charge in [0.15, 0.2) is 0 Å². The number of ether oxygens (including phenoxy) is 1. The van der Waals surface area contributed by atoms with Crippen molar-refractivity contribution in [3.63, 3.8) is 0 Å². The average molecular weight is 209 g/mol. The van der Waals surface area contributed by atoms with Gasteiger partial charge in [0.2, 0.25) is 5.90 Å². The van der Waals surface area contributed by atoms with Gasteiger partial charge in [-0.3, -0.25) is 0 Å². The van der Waals surface area contributed by atoms with Crippen molar-refractivity contribution in [3.05, 3.63) is 65.7 Å². The van der Waals surface area contributed by atoms with E-state index in [1.807, 2.05) is 48.5 Å². The lowest BCUT2D eigenvalue weighted by atomic mass is 10.1. The van der Waals surface area contributed by atoms with Crippen LogP contribution in [0.3, 0.4) is 0 Å². The first kappa shape index (κ1) is 9.16. The molecule has 0 atom stereocenters. The third-order valence-corrected chi connectivity index (χ3v) is 2.60. The summed E-state index contributed by atoms with van der Waals surface area (Å²) in [5.74, 6) is 0.724. The number of hydrogen-bond acceptors (Lipinski definition) is 2. The van der Waals surface area contributed by atoms with E-state index in [2.05, 4.69) is 11.1 Å². The Balaban J connectivity index is 2.02. The van der Waals surface area contributed by atoms with Crippen molar-refractivity contribution in [1.82, 2.24) is 0 Å². The Morgan fingerprint density at radius 3 is 2.50 bits per heavy atom. The van der Waals surface area contributed by atoms with Gasteiger partial charge in [0, 0.05) is 11.1 Å². The van der Waals surface area contributed by atoms with E-state index < -0.39 is 0 Å². The molecular weight excluding hydrogens is 198 g/mol. The molecule has 1 aliphatic rings. The van der Waals surface area contributed by atoms with Gasteiger partial charge < -0.3 is 4.74 Å². The fourth-order valence-electron chi connectivity index (χ4n) is 1.79. The number of fused-ring (bicyclic) bond motifs is 1. The van der Waals surface area contributed by atoms with Crippen molar-refractivity contribution in [2.45, 2.75) is 6.61 Å². The molecule has 0 N–H and O–H groups in total. The Morgan fingerprint density at radius 2 is 1.62 bits per heavy atom. The molecule has 0 bridgehead atoms. The second-order valence-electron chi connectivity index (χ2n) is 3.70. The molecule has 0 radical (unpaired) electrons. The Labute approximate surface area is 94.2 Å². The molecule has 0 saturated heterocycles. The van der Waals surface area contributed by atoms with Gasteiger partial charge in [-0.1, -0.05) is 36.4 Å². The predicted molar refractivity (Wildman–Crippen MR) is 63.9 cm³/mol. The van der Waals surface area contributed by atoms with Gasteiger partial charge in [0.25, 0.3) is 0 Å². The van der Waals surface area contributed by atoms with E-state index in [-0.39, 0.29) is 0 Å². The van der Waals surface area contributed by atoms with E-state index in [4.69, 9.17) is 4.74 Å². The van der Waals surface area contributed by atoms with Crippen molar-refractivity contribution >= 4 is 11.6 Å². The van der Waals surface area contributed by atoms with Crippen molar-refractivity contribution < 1.29 is 4.74 Å². The Hall–Kier alpha value is -2.09. The molecule has 16 heavy (non-hydrogen) atoms. The molecule has 2 aromatic carbocycles. The monoisotopic (exact) mass is 209 g/mol. The summed E-state index contributed by atoms with van der Waals surface area (Å²) in [5.41, 5.74) is 3.23. The molecule has 3 rings (SSSR count). The van der Waals surface area contributed by atoms with Crippen molar-refractivity contribution in [2.75, 3.05) is 0 Å². The van der Waals surface area contributed by atoms with E-state index in [9.17, 15) is 0 Å². The van der Waals surface area contributed by atoms with Gasteiger partial charge in [-0.05, 0) is 18.2 Å². The van der Waals surface area contributed by atoms with Crippen LogP contribution < -0.4 is 0 Å². The maximum Gasteiger partial charge on any atom is 0.222 e. The summed E-state index contributed by atoms with van der Waals surface area (Å²) in [6.07, 6.45) is 0. The number of rotatable bonds is 1. The SMILES string of the molecule is c1ccc(N=C2OCc3ccccc32)cc1. The zero-order valence-electron chi connectivity index (χ0n) is 8.76. The minimum absolute atomic E-state index is 0.627. The average Bonchev–Trinajstić information content (AvgIpc) is 2.74. The summed E-state index contributed by atoms with van der Waals surface area (Å²) >= 11 is 0. The molecule has 0 fully saturated rings. The minimum atomic E-state index is 0.627. The van der Waals surface area contributed by atoms with Gasteiger partial charge >= 0.3 is 0 Å². The van der Waals surface area contributed by atoms with Gasteiger partial charge in [-0.2, -0.15) is 0 Å². The highest BCUT2D eigenvalue weighted by atomic mass is 16.5. The topological polar surface area (TPSA) is 21.6 Å². The molecule has 0 unspecified atom stereocenters. The van der Waals surface area contributed by atoms with Gasteiger partial charge in [-0.15, -0.1) is 0 Å². The highest BCUT2D eigenvalue weighted by Crippen LogP contribution is 2.22. The van der Waals surface area contributed by atoms with Crippen molar-refractivity contribution in [3.8, 4) is 0 Å². The Kier molecular flexibility index (Phi) is 2.18. The van der Waals surface area contributed by atoms with E-state index >= 15 is 0 Å². The third kappa shape index (κ3) is 1.58. The second kappa shape index (κ2) is 3.81. The van der Waals surface area contributed by atoms with E-state index in [1.54, 1.807) is 0 Å². The standard InChI is InChI=1S/C14H11NO/c1-2-7-12(8-3-1)15-14-13-9-5-4-6-11(13)10-16-14/h1-9H,10H2. The first-order chi connectivity index (χ1) is 7.93. The van der Waals surface area contributed by atoms with Crippen LogP contribution in [-0.2, 0) is 11.3 Å². The fraction of sp³-hybridized carbons (Fsp3) is 0.0714. The summed E-state index contributed by atoms with van der Waals surface area (Å²) in [7, 11) is 0. The first-order valence-electron chi connectivity index (χ1n) is 5.28. The molecule has 78 valence electrons. The predicted octanol–water partition coefficient (Wildman–Crippen LogP) is 3.30. The van der Waals surface area contributed by atoms with Crippen molar-refractivity contribution in [1.29, 1.82) is 0 Å². The molecule has 0 spiro atoms. The summed E-state index contributed by atoms with van der Waals surface area (Å²) in [6.45, 7) is 0.627. The van der Waals surface area contributed by atoms with Crippen LogP contribution in [0.1, 0.15) is 11.1 Å². The van der Waals surface area contributed by atoms with Crippen LogP contribution in [0.25, 0.3) is 0 Å². The maximum absolute atomic E-state index is 5.58. The molecule has 0 aliphatic carbocycles. The van der Waals surface area contributed by atoms with Crippen LogP contribution >= 0.6 is 0 Å². The number of benzene rings is 2. The second-order valence-corrected chi connectivity index (χ2v) is 3.70. The van der Waals surface area contributed by atoms with Crippen molar-refractivity contribution in [2.24, 2.45) is 4.99 Å². The number of para-hydroxylation sites is 1. The molecule has 2 aromatic rings. The van der Waals surface area contributed by atoms with Crippen LogP contribution in [-0.4, -0.2) is 5.90 Å². The van der Waals surface area contributed by atoms with Gasteiger partial charge in [0.1, 0.15) is 6.61 Å². The molecule has 1 heterocycles. The molecule has 2 heteroatoms. The molecule has 0 saturated carbocycles. The van der Waals surface area contributed by atoms with E-state index in [1.165, 1.54) is 5.56 Å². The summed E-state index contributed by atoms with van der Waals surface area (Å²) in [5, 5.41) is 0. The zero-order valence-corrected chi connectivity index (χ0v) is 8.76. The van der Waals surface area contributed by atoms with E-state index in [0.29, 0.717) is 6.61 Å². The lowest BCUT2D eigenvalue weighted by Gasteiger charge is -1.98. The molecule has 2 nitrogen and oxygen atoms in total. The largest absolute Gasteiger partial charge is 0.472 e. The Bertz CT molecular complexity index is 531. The van der Waals surface area contributed by atoms with E-state index in [0.717, 1.165) is 17.1 Å². The highest BCUT2D eigenvalue weighted by molar-refractivity contribution is 5.99. The lowest BCUT2D eigenvalue weighted by Crippen LogP contribution is -1.95. The highest BCUT2D eigenvalue weighted by Gasteiger charge is 2.17. The molecule has 0 amide bonds. The van der Waals surface area contributed by atoms with Crippen LogP contribution in [0.2, 0.25) is 0 Å². The summed E-state index contributed by atoms with van der Waals surface area (Å²) < 4.78 is 5.58. The van der Waals surface area contributed by atoms with Crippen LogP contribution in [0.5, 0.6) is 0 Å². The summed E-state index contributed by atoms with van der Waals surface area (Å²) in [6, 6.07) is 18.0. The normalized spacial score (nSPS) is 15.9. The smallest absolute Gasteiger partial charge is 0.222 e. The van der Waals surface area contributed by atoms with Gasteiger partial charge in [-0.25, -0.2) is 4.99 Å².